The molecule has 0 saturated carbocycles. The first-order valence-corrected chi connectivity index (χ1v) is 10.7. The lowest BCUT2D eigenvalue weighted by molar-refractivity contribution is -0.910. The molecule has 1 amide bonds. The van der Waals surface area contributed by atoms with E-state index in [-0.39, 0.29) is 29.9 Å². The fourth-order valence-corrected chi connectivity index (χ4v) is 4.37. The van der Waals surface area contributed by atoms with E-state index in [9.17, 15) is 14.9 Å². The summed E-state index contributed by atoms with van der Waals surface area (Å²) in [5.41, 5.74) is 3.03. The van der Waals surface area contributed by atoms with Crippen molar-refractivity contribution in [1.29, 1.82) is 0 Å². The second-order valence-electron chi connectivity index (χ2n) is 8.30. The molecule has 2 aromatic rings. The highest BCUT2D eigenvalue weighted by Gasteiger charge is 2.33. The van der Waals surface area contributed by atoms with Gasteiger partial charge in [-0.3, -0.25) is 14.9 Å². The Morgan fingerprint density at radius 1 is 1.13 bits per heavy atom. The second kappa shape index (κ2) is 8.93. The Labute approximate surface area is 181 Å². The van der Waals surface area contributed by atoms with Gasteiger partial charge in [0, 0.05) is 30.9 Å². The molecule has 4 rings (SSSR count). The van der Waals surface area contributed by atoms with E-state index in [1.807, 2.05) is 26.0 Å². The van der Waals surface area contributed by atoms with Gasteiger partial charge in [0.2, 0.25) is 0 Å². The van der Waals surface area contributed by atoms with Gasteiger partial charge in [-0.05, 0) is 49.2 Å². The molecule has 2 aliphatic heterocycles. The summed E-state index contributed by atoms with van der Waals surface area (Å²) < 4.78 is 11.5. The van der Waals surface area contributed by atoms with E-state index in [1.54, 1.807) is 6.07 Å². The molecule has 2 heterocycles. The first kappa shape index (κ1) is 21.1. The SMILES string of the molecule is Cc1cc(NC(=O)C[NH+]2CCC[C@H]2c2ccc3c(c2)OCCCO3)c([N+](=O)[O-])cc1C. The molecule has 1 saturated heterocycles. The number of nitrogens with one attached hydrogen (secondary N) is 2. The highest BCUT2D eigenvalue weighted by Crippen LogP contribution is 2.33. The number of nitro benzene ring substituents is 1. The van der Waals surface area contributed by atoms with Crippen LogP contribution in [0.2, 0.25) is 0 Å². The van der Waals surface area contributed by atoms with Crippen molar-refractivity contribution in [2.45, 2.75) is 39.2 Å². The zero-order chi connectivity index (χ0) is 22.0. The molecule has 31 heavy (non-hydrogen) atoms. The third-order valence-electron chi connectivity index (χ3n) is 6.13. The smallest absolute Gasteiger partial charge is 0.293 e. The van der Waals surface area contributed by atoms with Crippen LogP contribution in [0.5, 0.6) is 11.5 Å². The van der Waals surface area contributed by atoms with Crippen molar-refractivity contribution < 1.29 is 24.1 Å². The predicted octanol–water partition coefficient (Wildman–Crippen LogP) is 2.73. The normalized spacial score (nSPS) is 20.2. The van der Waals surface area contributed by atoms with Gasteiger partial charge in [-0.15, -0.1) is 0 Å². The van der Waals surface area contributed by atoms with E-state index in [0.717, 1.165) is 58.9 Å². The van der Waals surface area contributed by atoms with E-state index in [1.165, 1.54) is 6.07 Å². The molecule has 2 aliphatic rings. The minimum Gasteiger partial charge on any atom is -0.490 e. The third-order valence-corrected chi connectivity index (χ3v) is 6.13. The topological polar surface area (TPSA) is 95.1 Å². The van der Waals surface area contributed by atoms with Crippen molar-refractivity contribution in [2.75, 3.05) is 31.6 Å². The van der Waals surface area contributed by atoms with Crippen LogP contribution >= 0.6 is 0 Å². The maximum atomic E-state index is 12.8. The Kier molecular flexibility index (Phi) is 6.08. The minimum atomic E-state index is -0.453. The number of amides is 1. The summed E-state index contributed by atoms with van der Waals surface area (Å²) in [6, 6.07) is 9.39. The van der Waals surface area contributed by atoms with Crippen LogP contribution in [0.3, 0.4) is 0 Å². The van der Waals surface area contributed by atoms with Crippen molar-refractivity contribution in [3.05, 3.63) is 57.1 Å². The summed E-state index contributed by atoms with van der Waals surface area (Å²) >= 11 is 0. The van der Waals surface area contributed by atoms with E-state index in [0.29, 0.717) is 13.2 Å². The summed E-state index contributed by atoms with van der Waals surface area (Å²) in [7, 11) is 0. The number of benzene rings is 2. The number of nitro groups is 1. The molecule has 1 unspecified atom stereocenters. The van der Waals surface area contributed by atoms with Gasteiger partial charge in [0.1, 0.15) is 11.7 Å². The molecule has 0 radical (unpaired) electrons. The fourth-order valence-electron chi connectivity index (χ4n) is 4.37. The van der Waals surface area contributed by atoms with Crippen LogP contribution in [-0.2, 0) is 4.79 Å². The van der Waals surface area contributed by atoms with Crippen LogP contribution in [-0.4, -0.2) is 37.1 Å². The van der Waals surface area contributed by atoms with Crippen LogP contribution in [0.15, 0.2) is 30.3 Å². The summed E-state index contributed by atoms with van der Waals surface area (Å²) in [6.07, 6.45) is 2.85. The molecule has 1 fully saturated rings. The Balaban J connectivity index is 1.48. The molecule has 0 aliphatic carbocycles. The number of hydrogen-bond acceptors (Lipinski definition) is 5. The minimum absolute atomic E-state index is 0.0766. The summed E-state index contributed by atoms with van der Waals surface area (Å²) in [5, 5.41) is 14.2. The molecule has 2 aromatic carbocycles. The second-order valence-corrected chi connectivity index (χ2v) is 8.30. The summed E-state index contributed by atoms with van der Waals surface area (Å²) in [6.45, 7) is 6.11. The van der Waals surface area contributed by atoms with Crippen molar-refractivity contribution in [1.82, 2.24) is 0 Å². The largest absolute Gasteiger partial charge is 0.490 e. The number of likely N-dealkylation sites (tertiary alicyclic amines) is 1. The zero-order valence-electron chi connectivity index (χ0n) is 17.9. The monoisotopic (exact) mass is 426 g/mol. The Hall–Kier alpha value is -3.13. The number of anilines is 1. The predicted molar refractivity (Wildman–Crippen MR) is 116 cm³/mol. The Bertz CT molecular complexity index is 1010. The van der Waals surface area contributed by atoms with Crippen LogP contribution in [0.25, 0.3) is 0 Å². The molecule has 0 spiro atoms. The Morgan fingerprint density at radius 3 is 2.65 bits per heavy atom. The van der Waals surface area contributed by atoms with E-state index in [4.69, 9.17) is 9.47 Å². The molecular weight excluding hydrogens is 398 g/mol. The van der Waals surface area contributed by atoms with Crippen LogP contribution in [0.4, 0.5) is 11.4 Å². The molecule has 0 aromatic heterocycles. The lowest BCUT2D eigenvalue weighted by Gasteiger charge is -2.22. The molecule has 8 nitrogen and oxygen atoms in total. The molecule has 0 bridgehead atoms. The number of rotatable bonds is 5. The number of fused-ring (bicyclic) bond motifs is 1. The Morgan fingerprint density at radius 2 is 1.87 bits per heavy atom. The van der Waals surface area contributed by atoms with Crippen LogP contribution in [0, 0.1) is 24.0 Å². The van der Waals surface area contributed by atoms with Crippen molar-refractivity contribution in [3.63, 3.8) is 0 Å². The van der Waals surface area contributed by atoms with Crippen molar-refractivity contribution >= 4 is 17.3 Å². The van der Waals surface area contributed by atoms with Gasteiger partial charge < -0.3 is 19.7 Å². The summed E-state index contributed by atoms with van der Waals surface area (Å²) in [4.78, 5) is 24.9. The molecule has 2 atom stereocenters. The third kappa shape index (κ3) is 4.64. The first-order chi connectivity index (χ1) is 14.9. The first-order valence-electron chi connectivity index (χ1n) is 10.7. The number of ether oxygens (including phenoxy) is 2. The van der Waals surface area contributed by atoms with E-state index in [2.05, 4.69) is 11.4 Å². The van der Waals surface area contributed by atoms with E-state index >= 15 is 0 Å². The number of hydrogen-bond donors (Lipinski definition) is 2. The molecule has 8 heteroatoms. The van der Waals surface area contributed by atoms with Gasteiger partial charge in [0.25, 0.3) is 11.6 Å². The van der Waals surface area contributed by atoms with Crippen molar-refractivity contribution in [3.8, 4) is 11.5 Å². The average molecular weight is 426 g/mol. The maximum Gasteiger partial charge on any atom is 0.293 e. The van der Waals surface area contributed by atoms with Gasteiger partial charge in [-0.1, -0.05) is 0 Å². The average Bonchev–Trinajstić information content (AvgIpc) is 3.05. The lowest BCUT2D eigenvalue weighted by atomic mass is 10.0. The van der Waals surface area contributed by atoms with Gasteiger partial charge in [0.15, 0.2) is 18.0 Å². The number of carbonyl (C=O) groups excluding carboxylic acids is 1. The van der Waals surface area contributed by atoms with Gasteiger partial charge >= 0.3 is 0 Å². The van der Waals surface area contributed by atoms with Gasteiger partial charge in [-0.2, -0.15) is 0 Å². The maximum absolute atomic E-state index is 12.8. The number of nitrogens with zero attached hydrogens (tertiary/aromatic N) is 1. The molecule has 2 N–H and O–H groups in total. The lowest BCUT2D eigenvalue weighted by Crippen LogP contribution is -3.11. The fraction of sp³-hybridized carbons (Fsp3) is 0.435. The highest BCUT2D eigenvalue weighted by molar-refractivity contribution is 5.94. The standard InChI is InChI=1S/C23H27N3O5/c1-15-11-18(20(26(28)29)12-16(15)2)24-23(27)14-25-8-3-5-19(25)17-6-7-21-22(13-17)31-10-4-9-30-21/h6-7,11-13,19H,3-5,8-10,14H2,1-2H3,(H,24,27)/p+1/t19-/m0/s1. The van der Waals surface area contributed by atoms with Crippen LogP contribution in [0.1, 0.15) is 42.0 Å². The van der Waals surface area contributed by atoms with Gasteiger partial charge in [-0.25, -0.2) is 0 Å². The summed E-state index contributed by atoms with van der Waals surface area (Å²) in [5.74, 6) is 1.31. The zero-order valence-corrected chi connectivity index (χ0v) is 17.9. The number of aryl methyl sites for hydroxylation is 2. The molecular formula is C23H28N3O5+. The van der Waals surface area contributed by atoms with Crippen LogP contribution < -0.4 is 19.7 Å². The quantitative estimate of drug-likeness (QED) is 0.566. The van der Waals surface area contributed by atoms with E-state index < -0.39 is 4.92 Å². The number of quaternary nitrogens is 1. The molecule has 164 valence electrons. The van der Waals surface area contributed by atoms with Crippen molar-refractivity contribution in [2.24, 2.45) is 0 Å². The number of carbonyl (C=O) groups is 1. The highest BCUT2D eigenvalue weighted by atomic mass is 16.6. The van der Waals surface area contributed by atoms with Gasteiger partial charge in [0.05, 0.1) is 24.7 Å².